The average molecular weight is 404 g/mol. The first-order valence-electron chi connectivity index (χ1n) is 7.40. The summed E-state index contributed by atoms with van der Waals surface area (Å²) in [5.41, 5.74) is 1.36. The summed E-state index contributed by atoms with van der Waals surface area (Å²) in [5.74, 6) is -0.0893. The van der Waals surface area contributed by atoms with Crippen LogP contribution in [0.2, 0.25) is 20.1 Å². The molecule has 126 valence electrons. The summed E-state index contributed by atoms with van der Waals surface area (Å²) < 4.78 is 0. The molecule has 7 heteroatoms. The molecule has 1 amide bonds. The van der Waals surface area contributed by atoms with E-state index in [1.54, 1.807) is 29.2 Å². The molecule has 2 aromatic carbocycles. The van der Waals surface area contributed by atoms with Gasteiger partial charge in [-0.2, -0.15) is 0 Å². The lowest BCUT2D eigenvalue weighted by molar-refractivity contribution is 0.0747. The number of hydrogen-bond donors (Lipinski definition) is 0. The fourth-order valence-electron chi connectivity index (χ4n) is 2.72. The zero-order valence-electron chi connectivity index (χ0n) is 12.6. The normalized spacial score (nSPS) is 14.8. The molecule has 0 atom stereocenters. The third-order valence-electron chi connectivity index (χ3n) is 4.00. The highest BCUT2D eigenvalue weighted by Crippen LogP contribution is 2.33. The van der Waals surface area contributed by atoms with Crippen molar-refractivity contribution in [2.24, 2.45) is 0 Å². The minimum absolute atomic E-state index is 0.0893. The average Bonchev–Trinajstić information content (AvgIpc) is 2.57. The molecule has 0 N–H and O–H groups in total. The molecular weight excluding hydrogens is 390 g/mol. The number of hydrogen-bond acceptors (Lipinski definition) is 2. The van der Waals surface area contributed by atoms with Gasteiger partial charge in [-0.25, -0.2) is 0 Å². The van der Waals surface area contributed by atoms with Crippen molar-refractivity contribution in [2.45, 2.75) is 0 Å². The van der Waals surface area contributed by atoms with Crippen LogP contribution in [0.25, 0.3) is 0 Å². The molecule has 2 aromatic rings. The van der Waals surface area contributed by atoms with E-state index in [0.29, 0.717) is 51.8 Å². The number of amides is 1. The van der Waals surface area contributed by atoms with Gasteiger partial charge < -0.3 is 9.80 Å². The van der Waals surface area contributed by atoms with Crippen molar-refractivity contribution < 1.29 is 4.79 Å². The van der Waals surface area contributed by atoms with Crippen LogP contribution in [0.4, 0.5) is 5.69 Å². The van der Waals surface area contributed by atoms with E-state index in [-0.39, 0.29) is 5.91 Å². The zero-order valence-corrected chi connectivity index (χ0v) is 15.6. The zero-order chi connectivity index (χ0) is 17.3. The molecule has 24 heavy (non-hydrogen) atoms. The highest BCUT2D eigenvalue weighted by molar-refractivity contribution is 6.43. The van der Waals surface area contributed by atoms with Crippen LogP contribution < -0.4 is 4.90 Å². The van der Waals surface area contributed by atoms with Gasteiger partial charge in [-0.05, 0) is 30.3 Å². The number of carbonyl (C=O) groups excluding carboxylic acids is 1. The highest BCUT2D eigenvalue weighted by Gasteiger charge is 2.25. The Balaban J connectivity index is 1.71. The van der Waals surface area contributed by atoms with Crippen molar-refractivity contribution in [3.63, 3.8) is 0 Å². The van der Waals surface area contributed by atoms with Gasteiger partial charge >= 0.3 is 0 Å². The first kappa shape index (κ1) is 17.7. The fraction of sp³-hybridized carbons (Fsp3) is 0.235. The Kier molecular flexibility index (Phi) is 5.46. The predicted octanol–water partition coefficient (Wildman–Crippen LogP) is 5.26. The van der Waals surface area contributed by atoms with Crippen molar-refractivity contribution in [3.05, 3.63) is 62.1 Å². The summed E-state index contributed by atoms with van der Waals surface area (Å²) in [7, 11) is 0. The predicted molar refractivity (Wildman–Crippen MR) is 101 cm³/mol. The van der Waals surface area contributed by atoms with Gasteiger partial charge in [0.25, 0.3) is 5.91 Å². The lowest BCUT2D eigenvalue weighted by Gasteiger charge is -2.36. The summed E-state index contributed by atoms with van der Waals surface area (Å²) >= 11 is 24.4. The molecule has 1 aliphatic rings. The Hall–Kier alpha value is -1.13. The molecule has 0 saturated carbocycles. The van der Waals surface area contributed by atoms with E-state index >= 15 is 0 Å². The number of rotatable bonds is 2. The Morgan fingerprint density at radius 3 is 2.25 bits per heavy atom. The van der Waals surface area contributed by atoms with E-state index in [1.165, 1.54) is 0 Å². The standard InChI is InChI=1S/C17H14Cl4N2O/c18-11-4-5-12(14(20)10-11)17(24)23-8-6-22(7-9-23)15-3-1-2-13(19)16(15)21/h1-5,10H,6-9H2. The van der Waals surface area contributed by atoms with Crippen molar-refractivity contribution in [3.8, 4) is 0 Å². The number of anilines is 1. The molecule has 1 fully saturated rings. The number of carbonyl (C=O) groups is 1. The minimum atomic E-state index is -0.0893. The molecule has 0 aromatic heterocycles. The van der Waals surface area contributed by atoms with Crippen LogP contribution in [0.1, 0.15) is 10.4 Å². The molecule has 0 spiro atoms. The smallest absolute Gasteiger partial charge is 0.255 e. The summed E-state index contributed by atoms with van der Waals surface area (Å²) in [5, 5.41) is 1.95. The maximum absolute atomic E-state index is 12.6. The van der Waals surface area contributed by atoms with Crippen LogP contribution in [-0.2, 0) is 0 Å². The number of benzene rings is 2. The van der Waals surface area contributed by atoms with Gasteiger partial charge in [0.05, 0.1) is 26.3 Å². The molecule has 1 aliphatic heterocycles. The second-order valence-electron chi connectivity index (χ2n) is 5.48. The van der Waals surface area contributed by atoms with Gasteiger partial charge in [0.15, 0.2) is 0 Å². The Morgan fingerprint density at radius 2 is 1.58 bits per heavy atom. The second kappa shape index (κ2) is 7.40. The topological polar surface area (TPSA) is 23.6 Å². The van der Waals surface area contributed by atoms with Crippen LogP contribution in [0, 0.1) is 0 Å². The van der Waals surface area contributed by atoms with E-state index in [1.807, 2.05) is 12.1 Å². The summed E-state index contributed by atoms with van der Waals surface area (Å²) in [6.45, 7) is 2.52. The van der Waals surface area contributed by atoms with Crippen molar-refractivity contribution in [1.29, 1.82) is 0 Å². The first-order chi connectivity index (χ1) is 11.5. The van der Waals surface area contributed by atoms with Gasteiger partial charge in [0, 0.05) is 31.2 Å². The van der Waals surface area contributed by atoms with Crippen molar-refractivity contribution >= 4 is 58.0 Å². The Bertz CT molecular complexity index is 773. The molecule has 3 nitrogen and oxygen atoms in total. The number of halogens is 4. The fourth-order valence-corrected chi connectivity index (χ4v) is 3.62. The van der Waals surface area contributed by atoms with Crippen molar-refractivity contribution in [1.82, 2.24) is 4.90 Å². The molecule has 0 unspecified atom stereocenters. The first-order valence-corrected chi connectivity index (χ1v) is 8.92. The third-order valence-corrected chi connectivity index (χ3v) is 5.36. The highest BCUT2D eigenvalue weighted by atomic mass is 35.5. The monoisotopic (exact) mass is 402 g/mol. The lowest BCUT2D eigenvalue weighted by Crippen LogP contribution is -2.49. The molecule has 0 bridgehead atoms. The van der Waals surface area contributed by atoms with Gasteiger partial charge in [0.1, 0.15) is 0 Å². The van der Waals surface area contributed by atoms with Crippen LogP contribution >= 0.6 is 46.4 Å². The van der Waals surface area contributed by atoms with Gasteiger partial charge in [-0.3, -0.25) is 4.79 Å². The largest absolute Gasteiger partial charge is 0.367 e. The third kappa shape index (κ3) is 3.60. The van der Waals surface area contributed by atoms with Gasteiger partial charge in [0.2, 0.25) is 0 Å². The summed E-state index contributed by atoms with van der Waals surface area (Å²) in [6, 6.07) is 10.5. The maximum Gasteiger partial charge on any atom is 0.255 e. The van der Waals surface area contributed by atoms with E-state index < -0.39 is 0 Å². The quantitative estimate of drug-likeness (QED) is 0.682. The molecular formula is C17H14Cl4N2O. The summed E-state index contributed by atoms with van der Waals surface area (Å²) in [4.78, 5) is 16.5. The van der Waals surface area contributed by atoms with Crippen molar-refractivity contribution in [2.75, 3.05) is 31.1 Å². The summed E-state index contributed by atoms with van der Waals surface area (Å²) in [6.07, 6.45) is 0. The SMILES string of the molecule is O=C(c1ccc(Cl)cc1Cl)N1CCN(c2cccc(Cl)c2Cl)CC1. The number of piperazine rings is 1. The van der Waals surface area contributed by atoms with Gasteiger partial charge in [-0.15, -0.1) is 0 Å². The maximum atomic E-state index is 12.6. The molecule has 3 rings (SSSR count). The second-order valence-corrected chi connectivity index (χ2v) is 7.11. The minimum Gasteiger partial charge on any atom is -0.367 e. The number of nitrogens with zero attached hydrogens (tertiary/aromatic N) is 2. The van der Waals surface area contributed by atoms with Gasteiger partial charge in [-0.1, -0.05) is 52.5 Å². The molecule has 0 aliphatic carbocycles. The van der Waals surface area contributed by atoms with E-state index in [4.69, 9.17) is 46.4 Å². The van der Waals surface area contributed by atoms with Crippen LogP contribution in [0.5, 0.6) is 0 Å². The molecule has 1 saturated heterocycles. The van der Waals surface area contributed by atoms with E-state index in [9.17, 15) is 4.79 Å². The van der Waals surface area contributed by atoms with E-state index in [0.717, 1.165) is 5.69 Å². The Morgan fingerprint density at radius 1 is 0.875 bits per heavy atom. The van der Waals surface area contributed by atoms with E-state index in [2.05, 4.69) is 4.90 Å². The van der Waals surface area contributed by atoms with Crippen LogP contribution in [0.15, 0.2) is 36.4 Å². The molecule has 1 heterocycles. The molecule has 0 radical (unpaired) electrons. The van der Waals surface area contributed by atoms with Crippen LogP contribution in [-0.4, -0.2) is 37.0 Å². The Labute approximate surface area is 160 Å². The van der Waals surface area contributed by atoms with Crippen LogP contribution in [0.3, 0.4) is 0 Å². The lowest BCUT2D eigenvalue weighted by atomic mass is 10.1.